The molecule has 1 aromatic carbocycles. The minimum absolute atomic E-state index is 0.168. The summed E-state index contributed by atoms with van der Waals surface area (Å²) in [6.45, 7) is 0. The van der Waals surface area contributed by atoms with Gasteiger partial charge in [0.1, 0.15) is 5.82 Å². The van der Waals surface area contributed by atoms with Crippen molar-refractivity contribution in [2.45, 2.75) is 30.5 Å². The van der Waals surface area contributed by atoms with Gasteiger partial charge in [-0.3, -0.25) is 5.32 Å². The van der Waals surface area contributed by atoms with Crippen LogP contribution in [0.3, 0.4) is 0 Å². The van der Waals surface area contributed by atoms with E-state index in [0.717, 1.165) is 24.3 Å². The van der Waals surface area contributed by atoms with Crippen LogP contribution in [-0.4, -0.2) is 18.0 Å². The molecule has 0 saturated heterocycles. The van der Waals surface area contributed by atoms with Crippen molar-refractivity contribution in [3.63, 3.8) is 0 Å². The maximum Gasteiger partial charge on any atom is 0.411 e. The minimum atomic E-state index is -0.660. The third kappa shape index (κ3) is 4.20. The molecule has 1 amide bonds. The second-order valence-corrected chi connectivity index (χ2v) is 6.00. The van der Waals surface area contributed by atoms with Gasteiger partial charge in [-0.25, -0.2) is 9.18 Å². The molecule has 1 aliphatic carbocycles. The second kappa shape index (κ2) is 6.37. The van der Waals surface area contributed by atoms with Gasteiger partial charge in [0, 0.05) is 4.83 Å². The third-order valence-electron chi connectivity index (χ3n) is 3.30. The number of nitrogens with one attached hydrogen (secondary N) is 1. The van der Waals surface area contributed by atoms with Gasteiger partial charge in [-0.1, -0.05) is 22.0 Å². The van der Waals surface area contributed by atoms with Crippen molar-refractivity contribution in [1.29, 1.82) is 0 Å². The van der Waals surface area contributed by atoms with Gasteiger partial charge in [-0.05, 0) is 49.3 Å². The summed E-state index contributed by atoms with van der Waals surface area (Å²) >= 11 is 3.68. The number of aryl methyl sites for hydroxylation is 1. The highest BCUT2D eigenvalue weighted by molar-refractivity contribution is 9.09. The fourth-order valence-corrected chi connectivity index (χ4v) is 2.74. The van der Waals surface area contributed by atoms with Gasteiger partial charge in [0.2, 0.25) is 0 Å². The van der Waals surface area contributed by atoms with Gasteiger partial charge >= 0.3 is 6.09 Å². The molecule has 5 heteroatoms. The number of methoxy groups -OCH3 is 1. The van der Waals surface area contributed by atoms with Gasteiger partial charge in [-0.2, -0.15) is 0 Å². The predicted octanol–water partition coefficient (Wildman–Crippen LogP) is 4.11. The highest BCUT2D eigenvalue weighted by Gasteiger charge is 2.28. The Morgan fingerprint density at radius 2 is 2.32 bits per heavy atom. The molecule has 0 bridgehead atoms. The van der Waals surface area contributed by atoms with E-state index in [2.05, 4.69) is 26.0 Å². The standard InChI is InChI=1S/C14H17BrFNO2/c1-19-14(18)17-13-8-9(3-7-12(13)16)2-6-11(15)10-4-5-10/h3,7-8,10-11H,2,4-6H2,1H3,(H,17,18). The molecule has 1 saturated carbocycles. The Kier molecular flexibility index (Phi) is 4.80. The molecule has 0 aromatic heterocycles. The topological polar surface area (TPSA) is 38.3 Å². The molecular weight excluding hydrogens is 313 g/mol. The van der Waals surface area contributed by atoms with Gasteiger partial charge < -0.3 is 4.74 Å². The number of halogens is 2. The summed E-state index contributed by atoms with van der Waals surface area (Å²) in [6.07, 6.45) is 3.83. The van der Waals surface area contributed by atoms with Crippen molar-refractivity contribution < 1.29 is 13.9 Å². The first-order valence-electron chi connectivity index (χ1n) is 6.37. The minimum Gasteiger partial charge on any atom is -0.453 e. The number of ether oxygens (including phenoxy) is 1. The number of hydrogen-bond donors (Lipinski definition) is 1. The monoisotopic (exact) mass is 329 g/mol. The molecule has 0 spiro atoms. The zero-order chi connectivity index (χ0) is 13.8. The van der Waals surface area contributed by atoms with Crippen LogP contribution in [0, 0.1) is 11.7 Å². The Bertz CT molecular complexity index is 463. The zero-order valence-corrected chi connectivity index (χ0v) is 12.4. The van der Waals surface area contributed by atoms with Crippen molar-refractivity contribution in [3.05, 3.63) is 29.6 Å². The number of hydrogen-bond acceptors (Lipinski definition) is 2. The number of carbonyl (C=O) groups excluding carboxylic acids is 1. The molecule has 0 radical (unpaired) electrons. The zero-order valence-electron chi connectivity index (χ0n) is 10.8. The third-order valence-corrected chi connectivity index (χ3v) is 4.50. The Hall–Kier alpha value is -1.10. The van der Waals surface area contributed by atoms with Gasteiger partial charge in [0.05, 0.1) is 12.8 Å². The summed E-state index contributed by atoms with van der Waals surface area (Å²) in [4.78, 5) is 11.6. The van der Waals surface area contributed by atoms with Crippen LogP contribution >= 0.6 is 15.9 Å². The van der Waals surface area contributed by atoms with Crippen molar-refractivity contribution in [2.75, 3.05) is 12.4 Å². The van der Waals surface area contributed by atoms with Crippen LogP contribution in [0.4, 0.5) is 14.9 Å². The van der Waals surface area contributed by atoms with Gasteiger partial charge in [0.15, 0.2) is 0 Å². The summed E-state index contributed by atoms with van der Waals surface area (Å²) < 4.78 is 18.0. The first-order chi connectivity index (χ1) is 9.10. The largest absolute Gasteiger partial charge is 0.453 e. The lowest BCUT2D eigenvalue weighted by atomic mass is 10.1. The molecule has 1 atom stereocenters. The SMILES string of the molecule is COC(=O)Nc1cc(CCC(Br)C2CC2)ccc1F. The predicted molar refractivity (Wildman–Crippen MR) is 76.2 cm³/mol. The number of anilines is 1. The molecule has 1 aliphatic rings. The average Bonchev–Trinajstić information content (AvgIpc) is 3.23. The average molecular weight is 330 g/mol. The highest BCUT2D eigenvalue weighted by atomic mass is 79.9. The van der Waals surface area contributed by atoms with Crippen LogP contribution in [0.1, 0.15) is 24.8 Å². The molecular formula is C14H17BrFNO2. The van der Waals surface area contributed by atoms with Crippen LogP contribution in [0.15, 0.2) is 18.2 Å². The quantitative estimate of drug-likeness (QED) is 0.825. The van der Waals surface area contributed by atoms with E-state index in [4.69, 9.17) is 0 Å². The molecule has 1 N–H and O–H groups in total. The van der Waals surface area contributed by atoms with Crippen molar-refractivity contribution in [3.8, 4) is 0 Å². The molecule has 1 aromatic rings. The Morgan fingerprint density at radius 1 is 1.58 bits per heavy atom. The summed E-state index contributed by atoms with van der Waals surface area (Å²) in [7, 11) is 1.25. The van der Waals surface area contributed by atoms with E-state index in [1.165, 1.54) is 26.0 Å². The number of amides is 1. The number of alkyl halides is 1. The fraction of sp³-hybridized carbons (Fsp3) is 0.500. The van der Waals surface area contributed by atoms with E-state index >= 15 is 0 Å². The maximum absolute atomic E-state index is 13.5. The number of benzene rings is 1. The summed E-state index contributed by atoms with van der Waals surface area (Å²) in [6, 6.07) is 4.80. The fourth-order valence-electron chi connectivity index (χ4n) is 1.98. The molecule has 19 heavy (non-hydrogen) atoms. The lowest BCUT2D eigenvalue weighted by Gasteiger charge is -2.10. The van der Waals surface area contributed by atoms with E-state index in [-0.39, 0.29) is 5.69 Å². The highest BCUT2D eigenvalue weighted by Crippen LogP contribution is 2.38. The van der Waals surface area contributed by atoms with E-state index in [9.17, 15) is 9.18 Å². The Labute approximate surface area is 120 Å². The molecule has 3 nitrogen and oxygen atoms in total. The van der Waals surface area contributed by atoms with Crippen LogP contribution in [0.25, 0.3) is 0 Å². The molecule has 1 unspecified atom stereocenters. The van der Waals surface area contributed by atoms with Crippen LogP contribution in [0.5, 0.6) is 0 Å². The second-order valence-electron chi connectivity index (χ2n) is 4.82. The maximum atomic E-state index is 13.5. The Balaban J connectivity index is 1.96. The normalized spacial score (nSPS) is 15.9. The van der Waals surface area contributed by atoms with Crippen LogP contribution in [0.2, 0.25) is 0 Å². The molecule has 0 heterocycles. The van der Waals surface area contributed by atoms with E-state index in [1.807, 2.05) is 0 Å². The van der Waals surface area contributed by atoms with E-state index in [1.54, 1.807) is 12.1 Å². The van der Waals surface area contributed by atoms with E-state index < -0.39 is 11.9 Å². The molecule has 104 valence electrons. The lowest BCUT2D eigenvalue weighted by Crippen LogP contribution is -2.12. The van der Waals surface area contributed by atoms with Gasteiger partial charge in [0.25, 0.3) is 0 Å². The van der Waals surface area contributed by atoms with Crippen LogP contribution < -0.4 is 5.32 Å². The summed E-state index contributed by atoms with van der Waals surface area (Å²) in [5, 5.41) is 2.38. The van der Waals surface area contributed by atoms with E-state index in [0.29, 0.717) is 4.83 Å². The van der Waals surface area contributed by atoms with Crippen molar-refractivity contribution >= 4 is 27.7 Å². The lowest BCUT2D eigenvalue weighted by molar-refractivity contribution is 0.187. The summed E-state index contributed by atoms with van der Waals surface area (Å²) in [5.41, 5.74) is 1.18. The first kappa shape index (κ1) is 14.3. The van der Waals surface area contributed by atoms with Crippen LogP contribution in [-0.2, 0) is 11.2 Å². The summed E-state index contributed by atoms with van der Waals surface area (Å²) in [5.74, 6) is 0.347. The Morgan fingerprint density at radius 3 is 2.95 bits per heavy atom. The molecule has 1 fully saturated rings. The molecule has 2 rings (SSSR count). The van der Waals surface area contributed by atoms with Crippen molar-refractivity contribution in [2.24, 2.45) is 5.92 Å². The number of carbonyl (C=O) groups is 1. The smallest absolute Gasteiger partial charge is 0.411 e. The first-order valence-corrected chi connectivity index (χ1v) is 7.29. The van der Waals surface area contributed by atoms with Gasteiger partial charge in [-0.15, -0.1) is 0 Å². The van der Waals surface area contributed by atoms with Crippen molar-refractivity contribution in [1.82, 2.24) is 0 Å². The number of rotatable bonds is 5. The molecule has 0 aliphatic heterocycles.